The first kappa shape index (κ1) is 12.0. The van der Waals surface area contributed by atoms with Crippen LogP contribution in [0.1, 0.15) is 11.3 Å². The van der Waals surface area contributed by atoms with Gasteiger partial charge in [-0.1, -0.05) is 11.3 Å². The van der Waals surface area contributed by atoms with Crippen LogP contribution in [0.2, 0.25) is 0 Å². The molecule has 19 heavy (non-hydrogen) atoms. The first-order valence-electron chi connectivity index (χ1n) is 5.74. The van der Waals surface area contributed by atoms with E-state index in [9.17, 15) is 4.39 Å². The smallest absolute Gasteiger partial charge is 0.124 e. The zero-order valence-electron chi connectivity index (χ0n) is 9.92. The summed E-state index contributed by atoms with van der Waals surface area (Å²) in [5.74, 6) is 0.0236. The van der Waals surface area contributed by atoms with Crippen LogP contribution in [0.4, 0.5) is 4.39 Å². The predicted molar refractivity (Wildman–Crippen MR) is 70.4 cm³/mol. The Hall–Kier alpha value is -2.01. The maximum absolute atomic E-state index is 13.6. The van der Waals surface area contributed by atoms with Gasteiger partial charge in [-0.15, -0.1) is 16.7 Å². The van der Waals surface area contributed by atoms with Crippen molar-refractivity contribution in [3.05, 3.63) is 53.7 Å². The molecule has 0 spiro atoms. The lowest BCUT2D eigenvalue weighted by Gasteiger charge is -2.05. The summed E-state index contributed by atoms with van der Waals surface area (Å²) in [5, 5.41) is 8.62. The molecule has 6 heteroatoms. The van der Waals surface area contributed by atoms with Gasteiger partial charge in [0.15, 0.2) is 0 Å². The van der Waals surface area contributed by atoms with Gasteiger partial charge >= 0.3 is 0 Å². The molecule has 1 aromatic carbocycles. The number of fused-ring (bicyclic) bond motifs is 1. The van der Waals surface area contributed by atoms with Crippen molar-refractivity contribution in [3.63, 3.8) is 0 Å². The van der Waals surface area contributed by atoms with Crippen molar-refractivity contribution in [1.82, 2.24) is 20.0 Å². The molecule has 0 radical (unpaired) electrons. The average molecular weight is 277 g/mol. The minimum atomic E-state index is -0.284. The first-order chi connectivity index (χ1) is 9.26. The average Bonchev–Trinajstić information content (AvgIpc) is 2.86. The van der Waals surface area contributed by atoms with Gasteiger partial charge in [-0.25, -0.2) is 9.07 Å². The molecule has 0 atom stereocenters. The Morgan fingerprint density at radius 2 is 2.21 bits per heavy atom. The second kappa shape index (κ2) is 4.93. The minimum absolute atomic E-state index is 0.284. The Morgan fingerprint density at radius 1 is 1.32 bits per heavy atom. The van der Waals surface area contributed by atoms with Crippen molar-refractivity contribution < 1.29 is 4.39 Å². The van der Waals surface area contributed by atoms with E-state index in [1.807, 2.05) is 6.07 Å². The molecule has 3 rings (SSSR count). The molecule has 0 aliphatic heterocycles. The van der Waals surface area contributed by atoms with E-state index < -0.39 is 0 Å². The summed E-state index contributed by atoms with van der Waals surface area (Å²) in [6.45, 7) is 0.412. The summed E-state index contributed by atoms with van der Waals surface area (Å²) in [7, 11) is 0. The number of pyridine rings is 1. The van der Waals surface area contributed by atoms with Gasteiger partial charge in [0.25, 0.3) is 0 Å². The minimum Gasteiger partial charge on any atom is -0.256 e. The molecular weight excluding hydrogens is 267 g/mol. The number of alkyl halides is 1. The Kier molecular flexibility index (Phi) is 3.13. The number of halogens is 2. The third-order valence-electron chi connectivity index (χ3n) is 2.80. The molecule has 0 unspecified atom stereocenters. The van der Waals surface area contributed by atoms with Gasteiger partial charge in [0, 0.05) is 17.1 Å². The van der Waals surface area contributed by atoms with E-state index in [-0.39, 0.29) is 5.82 Å². The van der Waals surface area contributed by atoms with Gasteiger partial charge in [-0.3, -0.25) is 4.98 Å². The zero-order chi connectivity index (χ0) is 13.2. The summed E-state index contributed by atoms with van der Waals surface area (Å²) >= 11 is 5.68. The zero-order valence-corrected chi connectivity index (χ0v) is 10.7. The molecule has 0 amide bonds. The SMILES string of the molecule is Fc1cc(Cn2cc(CCl)nn2)c2ncccc2c1. The fraction of sp³-hybridized carbons (Fsp3) is 0.154. The molecule has 2 heterocycles. The molecule has 0 N–H and O–H groups in total. The highest BCUT2D eigenvalue weighted by Gasteiger charge is 2.07. The maximum Gasteiger partial charge on any atom is 0.124 e. The summed E-state index contributed by atoms with van der Waals surface area (Å²) in [4.78, 5) is 4.29. The predicted octanol–water partition coefficient (Wildman–Crippen LogP) is 2.75. The molecule has 2 aromatic heterocycles. The molecule has 0 aliphatic carbocycles. The third-order valence-corrected chi connectivity index (χ3v) is 3.08. The fourth-order valence-corrected chi connectivity index (χ4v) is 2.12. The molecule has 0 bridgehead atoms. The second-order valence-electron chi connectivity index (χ2n) is 4.18. The summed E-state index contributed by atoms with van der Waals surface area (Å²) in [5.41, 5.74) is 2.23. The van der Waals surface area contributed by atoms with Crippen LogP contribution in [-0.4, -0.2) is 20.0 Å². The Bertz CT molecular complexity index is 725. The van der Waals surface area contributed by atoms with E-state index in [0.717, 1.165) is 16.5 Å². The van der Waals surface area contributed by atoms with E-state index in [0.29, 0.717) is 18.1 Å². The van der Waals surface area contributed by atoms with Gasteiger partial charge in [-0.2, -0.15) is 0 Å². The van der Waals surface area contributed by atoms with Crippen molar-refractivity contribution in [2.24, 2.45) is 0 Å². The normalized spacial score (nSPS) is 11.1. The van der Waals surface area contributed by atoms with Crippen LogP contribution in [0, 0.1) is 5.82 Å². The van der Waals surface area contributed by atoms with Crippen LogP contribution < -0.4 is 0 Å². The number of benzene rings is 1. The maximum atomic E-state index is 13.6. The van der Waals surface area contributed by atoms with Crippen molar-refractivity contribution in [1.29, 1.82) is 0 Å². The molecule has 0 aliphatic rings. The lowest BCUT2D eigenvalue weighted by Crippen LogP contribution is -2.02. The van der Waals surface area contributed by atoms with Gasteiger partial charge < -0.3 is 0 Å². The van der Waals surface area contributed by atoms with Crippen LogP contribution in [0.15, 0.2) is 36.7 Å². The van der Waals surface area contributed by atoms with Crippen LogP contribution in [-0.2, 0) is 12.4 Å². The molecule has 4 nitrogen and oxygen atoms in total. The third kappa shape index (κ3) is 2.42. The van der Waals surface area contributed by atoms with Crippen LogP contribution in [0.25, 0.3) is 10.9 Å². The van der Waals surface area contributed by atoms with Crippen LogP contribution in [0.3, 0.4) is 0 Å². The highest BCUT2D eigenvalue weighted by molar-refractivity contribution is 6.16. The Labute approximate surface area is 113 Å². The van der Waals surface area contributed by atoms with Gasteiger partial charge in [0.1, 0.15) is 5.82 Å². The lowest BCUT2D eigenvalue weighted by molar-refractivity contribution is 0.617. The highest BCUT2D eigenvalue weighted by atomic mass is 35.5. The van der Waals surface area contributed by atoms with Crippen molar-refractivity contribution in [2.75, 3.05) is 0 Å². The first-order valence-corrected chi connectivity index (χ1v) is 6.28. The number of aromatic nitrogens is 4. The number of nitrogens with zero attached hydrogens (tertiary/aromatic N) is 4. The quantitative estimate of drug-likeness (QED) is 0.691. The Morgan fingerprint density at radius 3 is 3.00 bits per heavy atom. The van der Waals surface area contributed by atoms with Crippen LogP contribution in [0.5, 0.6) is 0 Å². The monoisotopic (exact) mass is 276 g/mol. The molecule has 0 saturated carbocycles. The van der Waals surface area contributed by atoms with Gasteiger partial charge in [0.05, 0.1) is 29.8 Å². The van der Waals surface area contributed by atoms with E-state index in [1.165, 1.54) is 12.1 Å². The lowest BCUT2D eigenvalue weighted by atomic mass is 10.1. The Balaban J connectivity index is 2.04. The van der Waals surface area contributed by atoms with Crippen LogP contribution >= 0.6 is 11.6 Å². The fourth-order valence-electron chi connectivity index (χ4n) is 2.00. The molecular formula is C13H10ClFN4. The van der Waals surface area contributed by atoms with E-state index in [4.69, 9.17) is 11.6 Å². The summed E-state index contributed by atoms with van der Waals surface area (Å²) < 4.78 is 15.2. The summed E-state index contributed by atoms with van der Waals surface area (Å²) in [6.07, 6.45) is 3.43. The highest BCUT2D eigenvalue weighted by Crippen LogP contribution is 2.19. The number of hydrogen-bond acceptors (Lipinski definition) is 3. The largest absolute Gasteiger partial charge is 0.256 e. The van der Waals surface area contributed by atoms with Gasteiger partial charge in [0.2, 0.25) is 0 Å². The van der Waals surface area contributed by atoms with Crippen molar-refractivity contribution >= 4 is 22.5 Å². The van der Waals surface area contributed by atoms with Crippen molar-refractivity contribution in [2.45, 2.75) is 12.4 Å². The second-order valence-corrected chi connectivity index (χ2v) is 4.45. The topological polar surface area (TPSA) is 43.6 Å². The number of hydrogen-bond donors (Lipinski definition) is 0. The standard InChI is InChI=1S/C13H10ClFN4/c14-6-12-8-19(18-17-12)7-10-5-11(15)4-9-2-1-3-16-13(9)10/h1-5,8H,6-7H2. The number of rotatable bonds is 3. The van der Waals surface area contributed by atoms with Gasteiger partial charge in [-0.05, 0) is 18.2 Å². The molecule has 0 fully saturated rings. The summed E-state index contributed by atoms with van der Waals surface area (Å²) in [6, 6.07) is 6.56. The van der Waals surface area contributed by atoms with E-state index >= 15 is 0 Å². The molecule has 3 aromatic rings. The van der Waals surface area contributed by atoms with Crippen molar-refractivity contribution in [3.8, 4) is 0 Å². The molecule has 0 saturated heterocycles. The molecule has 96 valence electrons. The van der Waals surface area contributed by atoms with E-state index in [1.54, 1.807) is 23.1 Å². The van der Waals surface area contributed by atoms with E-state index in [2.05, 4.69) is 15.3 Å².